The lowest BCUT2D eigenvalue weighted by atomic mass is 9.79. The summed E-state index contributed by atoms with van der Waals surface area (Å²) < 4.78 is 0. The van der Waals surface area contributed by atoms with Crippen LogP contribution in [0.25, 0.3) is 43.1 Å². The van der Waals surface area contributed by atoms with Crippen LogP contribution in [-0.2, 0) is 0 Å². The second-order valence-corrected chi connectivity index (χ2v) is 16.5. The fourth-order valence-corrected chi connectivity index (χ4v) is 9.12. The number of carbonyl (C=O) groups is 4. The zero-order chi connectivity index (χ0) is 38.9. The quantitative estimate of drug-likeness (QED) is 0.0718. The van der Waals surface area contributed by atoms with Crippen LogP contribution in [0.4, 0.5) is 0 Å². The third-order valence-electron chi connectivity index (χ3n) is 12.6. The number of nitriles is 2. The van der Waals surface area contributed by atoms with E-state index in [-0.39, 0.29) is 46.9 Å². The van der Waals surface area contributed by atoms with E-state index in [2.05, 4.69) is 39.8 Å². The molecule has 276 valence electrons. The smallest absolute Gasteiger partial charge is 0.261 e. The molecule has 0 aromatic heterocycles. The molecule has 0 bridgehead atoms. The summed E-state index contributed by atoms with van der Waals surface area (Å²) in [5.74, 6) is -0.626. The zero-order valence-electron chi connectivity index (χ0n) is 32.6. The average Bonchev–Trinajstić information content (AvgIpc) is 3.16. The number of rotatable bonds is 12. The van der Waals surface area contributed by atoms with E-state index in [0.29, 0.717) is 90.0 Å². The van der Waals surface area contributed by atoms with E-state index in [1.807, 2.05) is 27.7 Å². The van der Waals surface area contributed by atoms with E-state index >= 15 is 0 Å². The molecule has 5 aromatic carbocycles. The number of fused-ring (bicyclic) bond motifs is 2. The van der Waals surface area contributed by atoms with E-state index < -0.39 is 11.8 Å². The molecule has 0 fully saturated rings. The first-order chi connectivity index (χ1) is 25.8. The molecule has 7 rings (SSSR count). The fraction of sp³-hybridized carbons (Fsp3) is 0.435. The predicted molar refractivity (Wildman–Crippen MR) is 213 cm³/mol. The molecule has 0 saturated carbocycles. The molecular formula is C46H48N4O4. The number of carbonyl (C=O) groups excluding carboxylic acids is 4. The molecule has 8 heteroatoms. The Bertz CT molecular complexity index is 2330. The Morgan fingerprint density at radius 1 is 0.500 bits per heavy atom. The Morgan fingerprint density at radius 2 is 0.852 bits per heavy atom. The lowest BCUT2D eigenvalue weighted by Gasteiger charge is -2.37. The van der Waals surface area contributed by atoms with Crippen molar-refractivity contribution < 1.29 is 19.2 Å². The summed E-state index contributed by atoms with van der Waals surface area (Å²) in [7, 11) is 0. The minimum atomic E-state index is -0.420. The Hall–Kier alpha value is -5.34. The topological polar surface area (TPSA) is 122 Å². The molecule has 2 aliphatic heterocycles. The van der Waals surface area contributed by atoms with Gasteiger partial charge in [0.05, 0.1) is 34.4 Å². The first-order valence-corrected chi connectivity index (χ1v) is 19.6. The molecule has 2 unspecified atom stereocenters. The number of amides is 4. The van der Waals surface area contributed by atoms with Gasteiger partial charge in [-0.1, -0.05) is 80.4 Å². The normalized spacial score (nSPS) is 16.7. The number of hydrogen-bond acceptors (Lipinski definition) is 6. The largest absolute Gasteiger partial charge is 0.271 e. The molecular weight excluding hydrogens is 673 g/mol. The highest BCUT2D eigenvalue weighted by atomic mass is 16.2. The van der Waals surface area contributed by atoms with Gasteiger partial charge in [-0.15, -0.1) is 0 Å². The highest BCUT2D eigenvalue weighted by Gasteiger charge is 2.42. The Kier molecular flexibility index (Phi) is 9.47. The standard InChI is InChI=1S/C46H48N4O4/c1-9-25(7)11-17-35(23(3)4)49-43(51)31-15-13-29-38-28(22-48)20-34-40-32(44(52)50(46(34)54)36(24(5)6)18-12-26(8)10-2)16-14-30(42(38)40)37-27(21-47)19-33(45(49)53)39(31)41(29)37/h13-16,19-20,23-26,35-36H,9-12,17-18H2,1-8H3/t25-,26-,35?,36?/m0/s1. The van der Waals surface area contributed by atoms with E-state index in [9.17, 15) is 29.7 Å². The van der Waals surface area contributed by atoms with Crippen LogP contribution in [0.3, 0.4) is 0 Å². The van der Waals surface area contributed by atoms with Crippen molar-refractivity contribution in [3.8, 4) is 12.1 Å². The summed E-state index contributed by atoms with van der Waals surface area (Å²) >= 11 is 0. The Balaban J connectivity index is 1.50. The number of nitrogens with zero attached hydrogens (tertiary/aromatic N) is 4. The van der Waals surface area contributed by atoms with Crippen molar-refractivity contribution in [1.29, 1.82) is 10.5 Å². The molecule has 2 aliphatic rings. The molecule has 0 saturated heterocycles. The van der Waals surface area contributed by atoms with Crippen molar-refractivity contribution in [2.75, 3.05) is 0 Å². The van der Waals surface area contributed by atoms with Crippen LogP contribution < -0.4 is 0 Å². The minimum Gasteiger partial charge on any atom is -0.271 e. The third kappa shape index (κ3) is 5.36. The van der Waals surface area contributed by atoms with Crippen LogP contribution in [0.5, 0.6) is 0 Å². The molecule has 5 aromatic rings. The molecule has 0 spiro atoms. The number of imide groups is 2. The van der Waals surface area contributed by atoms with Crippen molar-refractivity contribution >= 4 is 66.7 Å². The van der Waals surface area contributed by atoms with Gasteiger partial charge in [0.1, 0.15) is 0 Å². The lowest BCUT2D eigenvalue weighted by Crippen LogP contribution is -2.49. The minimum absolute atomic E-state index is 0.0218. The Morgan fingerprint density at radius 3 is 1.17 bits per heavy atom. The van der Waals surface area contributed by atoms with Crippen LogP contribution in [0.2, 0.25) is 0 Å². The van der Waals surface area contributed by atoms with Gasteiger partial charge in [0.15, 0.2) is 0 Å². The Labute approximate surface area is 317 Å². The van der Waals surface area contributed by atoms with E-state index in [4.69, 9.17) is 0 Å². The molecule has 0 N–H and O–H groups in total. The third-order valence-corrected chi connectivity index (χ3v) is 12.6. The molecule has 0 aliphatic carbocycles. The first-order valence-electron chi connectivity index (χ1n) is 19.6. The molecule has 4 amide bonds. The molecule has 4 atom stereocenters. The lowest BCUT2D eigenvalue weighted by molar-refractivity contribution is 0.0463. The van der Waals surface area contributed by atoms with Crippen molar-refractivity contribution in [3.63, 3.8) is 0 Å². The summed E-state index contributed by atoms with van der Waals surface area (Å²) in [5.41, 5.74) is 1.86. The van der Waals surface area contributed by atoms with Gasteiger partial charge in [0.2, 0.25) is 0 Å². The van der Waals surface area contributed by atoms with Gasteiger partial charge in [-0.3, -0.25) is 29.0 Å². The van der Waals surface area contributed by atoms with Crippen LogP contribution >= 0.6 is 0 Å². The summed E-state index contributed by atoms with van der Waals surface area (Å²) in [4.78, 5) is 60.8. The predicted octanol–water partition coefficient (Wildman–Crippen LogP) is 10.4. The monoisotopic (exact) mass is 720 g/mol. The van der Waals surface area contributed by atoms with Crippen LogP contribution in [0, 0.1) is 46.3 Å². The van der Waals surface area contributed by atoms with E-state index in [1.54, 1.807) is 36.4 Å². The second kappa shape index (κ2) is 13.8. The highest BCUT2D eigenvalue weighted by Crippen LogP contribution is 2.49. The molecule has 2 heterocycles. The van der Waals surface area contributed by atoms with Gasteiger partial charge in [-0.2, -0.15) is 10.5 Å². The van der Waals surface area contributed by atoms with Gasteiger partial charge in [-0.25, -0.2) is 0 Å². The maximum atomic E-state index is 14.5. The van der Waals surface area contributed by atoms with Crippen molar-refractivity contribution in [3.05, 3.63) is 69.8 Å². The SMILES string of the molecule is CC[C@H](C)CCC(C(C)C)N1C(=O)c2ccc3c4c(C#N)cc5c6c(ccc(c7c(C#N)cc(c2c37)C1=O)c64)C(=O)N(C(CC[C@@H](C)CC)C(C)C)C5=O. The van der Waals surface area contributed by atoms with Gasteiger partial charge in [0, 0.05) is 55.5 Å². The van der Waals surface area contributed by atoms with Crippen LogP contribution in [-0.4, -0.2) is 45.5 Å². The van der Waals surface area contributed by atoms with Crippen molar-refractivity contribution in [2.45, 2.75) is 106 Å². The average molecular weight is 721 g/mol. The van der Waals surface area contributed by atoms with Gasteiger partial charge >= 0.3 is 0 Å². The highest BCUT2D eigenvalue weighted by molar-refractivity contribution is 6.42. The van der Waals surface area contributed by atoms with Crippen LogP contribution in [0.1, 0.15) is 146 Å². The van der Waals surface area contributed by atoms with Gasteiger partial charge in [0.25, 0.3) is 23.6 Å². The number of hydrogen-bond donors (Lipinski definition) is 0. The summed E-state index contributed by atoms with van der Waals surface area (Å²) in [6.45, 7) is 16.7. The second-order valence-electron chi connectivity index (χ2n) is 16.5. The molecule has 8 nitrogen and oxygen atoms in total. The maximum Gasteiger partial charge on any atom is 0.261 e. The van der Waals surface area contributed by atoms with E-state index in [1.165, 1.54) is 9.80 Å². The number of benzene rings is 5. The molecule has 54 heavy (non-hydrogen) atoms. The van der Waals surface area contributed by atoms with Gasteiger partial charge < -0.3 is 0 Å². The van der Waals surface area contributed by atoms with Gasteiger partial charge in [-0.05, 0) is 84.4 Å². The van der Waals surface area contributed by atoms with Crippen molar-refractivity contribution in [1.82, 2.24) is 9.80 Å². The maximum absolute atomic E-state index is 14.5. The summed E-state index contributed by atoms with van der Waals surface area (Å²) in [6, 6.07) is 14.3. The molecule has 0 radical (unpaired) electrons. The van der Waals surface area contributed by atoms with E-state index in [0.717, 1.165) is 25.7 Å². The van der Waals surface area contributed by atoms with Crippen molar-refractivity contribution in [2.24, 2.45) is 23.7 Å². The summed E-state index contributed by atoms with van der Waals surface area (Å²) in [6.07, 6.45) is 5.12. The van der Waals surface area contributed by atoms with Crippen LogP contribution in [0.15, 0.2) is 36.4 Å². The summed E-state index contributed by atoms with van der Waals surface area (Å²) in [5, 5.41) is 25.8. The fourth-order valence-electron chi connectivity index (χ4n) is 9.12. The zero-order valence-corrected chi connectivity index (χ0v) is 32.6. The first kappa shape index (κ1) is 37.0.